The quantitative estimate of drug-likeness (QED) is 0.372. The van der Waals surface area contributed by atoms with Crippen LogP contribution in [-0.2, 0) is 11.3 Å². The number of hydrogen-bond acceptors (Lipinski definition) is 3. The maximum absolute atomic E-state index is 5.37. The second-order valence-corrected chi connectivity index (χ2v) is 7.36. The molecule has 1 saturated heterocycles. The Morgan fingerprint density at radius 1 is 1.11 bits per heavy atom. The summed E-state index contributed by atoms with van der Waals surface area (Å²) in [5, 5.41) is 6.73. The highest BCUT2D eigenvalue weighted by molar-refractivity contribution is 5.79. The molecule has 27 heavy (non-hydrogen) atoms. The monoisotopic (exact) mass is 374 g/mol. The molecule has 0 radical (unpaired) electrons. The number of benzene rings is 1. The molecule has 1 fully saturated rings. The van der Waals surface area contributed by atoms with E-state index in [2.05, 4.69) is 53.6 Å². The molecule has 5 heteroatoms. The molecule has 0 aromatic heterocycles. The third-order valence-electron chi connectivity index (χ3n) is 5.06. The summed E-state index contributed by atoms with van der Waals surface area (Å²) in [6.07, 6.45) is 4.77. The van der Waals surface area contributed by atoms with Crippen molar-refractivity contribution in [2.45, 2.75) is 53.0 Å². The number of aliphatic imine (C=N–C) groups is 1. The number of unbranched alkanes of at least 4 members (excludes halogenated alkanes) is 1. The Bertz CT molecular complexity index is 536. The molecule has 1 aliphatic heterocycles. The summed E-state index contributed by atoms with van der Waals surface area (Å²) in [4.78, 5) is 7.22. The van der Waals surface area contributed by atoms with E-state index in [9.17, 15) is 0 Å². The van der Waals surface area contributed by atoms with Gasteiger partial charge in [0.05, 0.1) is 6.54 Å². The van der Waals surface area contributed by atoms with Gasteiger partial charge < -0.3 is 20.3 Å². The van der Waals surface area contributed by atoms with E-state index < -0.39 is 0 Å². The van der Waals surface area contributed by atoms with Crippen LogP contribution < -0.4 is 15.5 Å². The van der Waals surface area contributed by atoms with Gasteiger partial charge in [-0.15, -0.1) is 0 Å². The predicted octanol–water partition coefficient (Wildman–Crippen LogP) is 3.79. The first-order chi connectivity index (χ1) is 13.2. The molecule has 2 rings (SSSR count). The average molecular weight is 375 g/mol. The van der Waals surface area contributed by atoms with Crippen LogP contribution in [0.3, 0.4) is 0 Å². The van der Waals surface area contributed by atoms with Crippen molar-refractivity contribution in [2.75, 3.05) is 44.3 Å². The third-order valence-corrected chi connectivity index (χ3v) is 5.06. The molecule has 0 bridgehead atoms. The number of anilines is 1. The normalized spacial score (nSPS) is 15.8. The minimum atomic E-state index is 0.700. The van der Waals surface area contributed by atoms with Gasteiger partial charge in [-0.2, -0.15) is 0 Å². The van der Waals surface area contributed by atoms with Crippen LogP contribution in [0.25, 0.3) is 0 Å². The summed E-state index contributed by atoms with van der Waals surface area (Å²) in [6.45, 7) is 13.0. The van der Waals surface area contributed by atoms with E-state index in [1.54, 1.807) is 0 Å². The van der Waals surface area contributed by atoms with Crippen LogP contribution in [-0.4, -0.2) is 45.4 Å². The van der Waals surface area contributed by atoms with Crippen molar-refractivity contribution < 1.29 is 4.74 Å². The fourth-order valence-corrected chi connectivity index (χ4v) is 3.27. The molecule has 1 aliphatic rings. The predicted molar refractivity (Wildman–Crippen MR) is 116 cm³/mol. The first-order valence-electron chi connectivity index (χ1n) is 10.7. The molecular weight excluding hydrogens is 336 g/mol. The van der Waals surface area contributed by atoms with Crippen molar-refractivity contribution in [3.05, 3.63) is 29.8 Å². The van der Waals surface area contributed by atoms with E-state index in [4.69, 9.17) is 9.73 Å². The van der Waals surface area contributed by atoms with Crippen LogP contribution in [0.1, 0.15) is 52.0 Å². The number of rotatable bonds is 10. The fourth-order valence-electron chi connectivity index (χ4n) is 3.27. The highest BCUT2D eigenvalue weighted by Gasteiger charge is 2.15. The highest BCUT2D eigenvalue weighted by atomic mass is 16.5. The molecule has 152 valence electrons. The number of nitrogens with one attached hydrogen (secondary N) is 2. The number of nitrogens with zero attached hydrogens (tertiary/aromatic N) is 2. The minimum absolute atomic E-state index is 0.700. The Hall–Kier alpha value is -1.75. The Labute approximate surface area is 165 Å². The van der Waals surface area contributed by atoms with Crippen molar-refractivity contribution in [2.24, 2.45) is 10.9 Å². The van der Waals surface area contributed by atoms with E-state index in [1.165, 1.54) is 37.2 Å². The van der Waals surface area contributed by atoms with Gasteiger partial charge in [-0.05, 0) is 63.1 Å². The number of ether oxygens (including phenoxy) is 1. The van der Waals surface area contributed by atoms with E-state index in [0.717, 1.165) is 51.0 Å². The Balaban J connectivity index is 1.78. The maximum Gasteiger partial charge on any atom is 0.191 e. The van der Waals surface area contributed by atoms with Crippen molar-refractivity contribution in [1.82, 2.24) is 10.6 Å². The summed E-state index contributed by atoms with van der Waals surface area (Å²) in [6, 6.07) is 8.91. The molecule has 0 aliphatic carbocycles. The van der Waals surface area contributed by atoms with E-state index in [0.29, 0.717) is 6.54 Å². The zero-order valence-corrected chi connectivity index (χ0v) is 17.5. The lowest BCUT2D eigenvalue weighted by Gasteiger charge is -2.32. The van der Waals surface area contributed by atoms with Crippen LogP contribution >= 0.6 is 0 Å². The van der Waals surface area contributed by atoms with Gasteiger partial charge in [0.1, 0.15) is 0 Å². The standard InChI is InChI=1S/C22H38N4O/c1-4-23-22(24-14-6-7-17-27-5-2)25-18-20-8-10-21(11-9-20)26-15-12-19(3)13-16-26/h8-11,19H,4-7,12-18H2,1-3H3,(H2,23,24,25). The lowest BCUT2D eigenvalue weighted by molar-refractivity contribution is 0.143. The van der Waals surface area contributed by atoms with E-state index >= 15 is 0 Å². The molecule has 0 atom stereocenters. The summed E-state index contributed by atoms with van der Waals surface area (Å²) >= 11 is 0. The molecule has 0 amide bonds. The first-order valence-corrected chi connectivity index (χ1v) is 10.7. The van der Waals surface area contributed by atoms with Gasteiger partial charge in [0, 0.05) is 45.1 Å². The summed E-state index contributed by atoms with van der Waals surface area (Å²) in [5.41, 5.74) is 2.59. The third kappa shape index (κ3) is 8.21. The molecule has 0 unspecified atom stereocenters. The summed E-state index contributed by atoms with van der Waals surface area (Å²) in [7, 11) is 0. The maximum atomic E-state index is 5.37. The Morgan fingerprint density at radius 3 is 2.52 bits per heavy atom. The van der Waals surface area contributed by atoms with Crippen LogP contribution in [0, 0.1) is 5.92 Å². The van der Waals surface area contributed by atoms with Gasteiger partial charge in [0.2, 0.25) is 0 Å². The SMILES string of the molecule is CCNC(=NCc1ccc(N2CCC(C)CC2)cc1)NCCCCOCC. The molecule has 2 N–H and O–H groups in total. The fraction of sp³-hybridized carbons (Fsp3) is 0.682. The smallest absolute Gasteiger partial charge is 0.191 e. The summed E-state index contributed by atoms with van der Waals surface area (Å²) < 4.78 is 5.37. The molecular formula is C22H38N4O. The van der Waals surface area contributed by atoms with Gasteiger partial charge in [0.15, 0.2) is 5.96 Å². The number of piperidine rings is 1. The first kappa shape index (κ1) is 21.5. The molecule has 0 saturated carbocycles. The van der Waals surface area contributed by atoms with Gasteiger partial charge >= 0.3 is 0 Å². The van der Waals surface area contributed by atoms with Crippen LogP contribution in [0.2, 0.25) is 0 Å². The second-order valence-electron chi connectivity index (χ2n) is 7.36. The second kappa shape index (κ2) is 12.6. The van der Waals surface area contributed by atoms with Crippen molar-refractivity contribution >= 4 is 11.6 Å². The van der Waals surface area contributed by atoms with Crippen LogP contribution in [0.4, 0.5) is 5.69 Å². The van der Waals surface area contributed by atoms with Gasteiger partial charge in [-0.25, -0.2) is 4.99 Å². The lowest BCUT2D eigenvalue weighted by Crippen LogP contribution is -2.37. The topological polar surface area (TPSA) is 48.9 Å². The van der Waals surface area contributed by atoms with Gasteiger partial charge in [0.25, 0.3) is 0 Å². The molecule has 1 aromatic carbocycles. The zero-order chi connectivity index (χ0) is 19.3. The Kier molecular flexibility index (Phi) is 10.1. The zero-order valence-electron chi connectivity index (χ0n) is 17.5. The highest BCUT2D eigenvalue weighted by Crippen LogP contribution is 2.23. The van der Waals surface area contributed by atoms with E-state index in [-0.39, 0.29) is 0 Å². The van der Waals surface area contributed by atoms with Crippen molar-refractivity contribution in [3.8, 4) is 0 Å². The van der Waals surface area contributed by atoms with Gasteiger partial charge in [-0.1, -0.05) is 19.1 Å². The molecule has 0 spiro atoms. The molecule has 1 aromatic rings. The van der Waals surface area contributed by atoms with Crippen molar-refractivity contribution in [3.63, 3.8) is 0 Å². The molecule has 5 nitrogen and oxygen atoms in total. The van der Waals surface area contributed by atoms with Crippen molar-refractivity contribution in [1.29, 1.82) is 0 Å². The van der Waals surface area contributed by atoms with E-state index in [1.807, 2.05) is 6.92 Å². The average Bonchev–Trinajstić information content (AvgIpc) is 2.70. The number of hydrogen-bond donors (Lipinski definition) is 2. The largest absolute Gasteiger partial charge is 0.382 e. The lowest BCUT2D eigenvalue weighted by atomic mass is 9.99. The van der Waals surface area contributed by atoms with Gasteiger partial charge in [-0.3, -0.25) is 0 Å². The summed E-state index contributed by atoms with van der Waals surface area (Å²) in [5.74, 6) is 1.76. The molecule has 1 heterocycles. The number of guanidine groups is 1. The minimum Gasteiger partial charge on any atom is -0.382 e. The van der Waals surface area contributed by atoms with Crippen LogP contribution in [0.5, 0.6) is 0 Å². The Morgan fingerprint density at radius 2 is 1.85 bits per heavy atom. The van der Waals surface area contributed by atoms with Crippen LogP contribution in [0.15, 0.2) is 29.3 Å².